The predicted molar refractivity (Wildman–Crippen MR) is 122 cm³/mol. The third kappa shape index (κ3) is 4.36. The Kier molecular flexibility index (Phi) is 5.42. The van der Waals surface area contributed by atoms with E-state index in [1.807, 2.05) is 55.5 Å². The summed E-state index contributed by atoms with van der Waals surface area (Å²) in [5.41, 5.74) is 4.83. The number of aryl methyl sites for hydroxylation is 1. The Labute approximate surface area is 181 Å². The van der Waals surface area contributed by atoms with Gasteiger partial charge in [-0.05, 0) is 89.2 Å². The second kappa shape index (κ2) is 8.14. The number of rotatable bonds is 3. The fraction of sp³-hybridized carbons (Fsp3) is 0.0455. The maximum Gasteiger partial charge on any atom is 0.258 e. The van der Waals surface area contributed by atoms with Crippen LogP contribution in [0.25, 0.3) is 22.6 Å². The highest BCUT2D eigenvalue weighted by molar-refractivity contribution is 9.10. The molecular formula is C22H16BrN3O2S. The Hall–Kier alpha value is -3.03. The Morgan fingerprint density at radius 3 is 2.59 bits per heavy atom. The van der Waals surface area contributed by atoms with E-state index in [1.165, 1.54) is 0 Å². The van der Waals surface area contributed by atoms with E-state index >= 15 is 0 Å². The van der Waals surface area contributed by atoms with Crippen molar-refractivity contribution >= 4 is 56.0 Å². The van der Waals surface area contributed by atoms with Crippen LogP contribution in [-0.2, 0) is 0 Å². The molecule has 1 heterocycles. The molecule has 0 unspecified atom stereocenters. The van der Waals surface area contributed by atoms with Crippen LogP contribution in [0.2, 0.25) is 0 Å². The number of hydrogen-bond acceptors (Lipinski definition) is 4. The molecular weight excluding hydrogens is 450 g/mol. The van der Waals surface area contributed by atoms with Gasteiger partial charge in [-0.1, -0.05) is 18.2 Å². The van der Waals surface area contributed by atoms with Crippen molar-refractivity contribution in [3.8, 4) is 11.5 Å². The molecule has 0 saturated heterocycles. The summed E-state index contributed by atoms with van der Waals surface area (Å²) < 4.78 is 6.53. The molecule has 4 rings (SSSR count). The zero-order valence-corrected chi connectivity index (χ0v) is 17.8. The SMILES string of the molecule is Cc1ccc2oc(-c3ccc(NC(=S)NC(=O)c4ccccc4Br)cc3)nc2c1. The van der Waals surface area contributed by atoms with Gasteiger partial charge in [-0.3, -0.25) is 10.1 Å². The number of fused-ring (bicyclic) bond motifs is 1. The molecule has 0 aliphatic heterocycles. The van der Waals surface area contributed by atoms with Crippen molar-refractivity contribution in [1.29, 1.82) is 0 Å². The van der Waals surface area contributed by atoms with E-state index in [2.05, 4.69) is 31.5 Å². The second-order valence-electron chi connectivity index (χ2n) is 6.46. The first-order valence-corrected chi connectivity index (χ1v) is 10.0. The number of oxazole rings is 1. The number of anilines is 1. The summed E-state index contributed by atoms with van der Waals surface area (Å²) in [6.45, 7) is 2.02. The molecule has 3 aromatic carbocycles. The number of nitrogens with one attached hydrogen (secondary N) is 2. The standard InChI is InChI=1S/C22H16BrN3O2S/c1-13-6-11-19-18(12-13)25-21(28-19)14-7-9-15(10-8-14)24-22(29)26-20(27)16-4-2-3-5-17(16)23/h2-12H,1H3,(H2,24,26,27,29). The molecule has 7 heteroatoms. The fourth-order valence-electron chi connectivity index (χ4n) is 2.84. The lowest BCUT2D eigenvalue weighted by Crippen LogP contribution is -2.34. The van der Waals surface area contributed by atoms with Gasteiger partial charge in [0.2, 0.25) is 5.89 Å². The smallest absolute Gasteiger partial charge is 0.258 e. The van der Waals surface area contributed by atoms with Crippen molar-refractivity contribution in [1.82, 2.24) is 10.3 Å². The van der Waals surface area contributed by atoms with Crippen LogP contribution in [0, 0.1) is 6.92 Å². The molecule has 0 fully saturated rings. The van der Waals surface area contributed by atoms with Gasteiger partial charge >= 0.3 is 0 Å². The van der Waals surface area contributed by atoms with Crippen molar-refractivity contribution in [3.05, 3.63) is 82.3 Å². The number of benzene rings is 3. The number of carbonyl (C=O) groups is 1. The quantitative estimate of drug-likeness (QED) is 0.380. The normalized spacial score (nSPS) is 10.7. The topological polar surface area (TPSA) is 67.2 Å². The van der Waals surface area contributed by atoms with Crippen LogP contribution in [0.1, 0.15) is 15.9 Å². The third-order valence-corrected chi connectivity index (χ3v) is 5.17. The lowest BCUT2D eigenvalue weighted by molar-refractivity contribution is 0.0977. The molecule has 5 nitrogen and oxygen atoms in total. The molecule has 0 atom stereocenters. The lowest BCUT2D eigenvalue weighted by Gasteiger charge is -2.10. The van der Waals surface area contributed by atoms with Crippen LogP contribution >= 0.6 is 28.1 Å². The first kappa shape index (κ1) is 19.3. The summed E-state index contributed by atoms with van der Waals surface area (Å²) in [4.78, 5) is 16.9. The van der Waals surface area contributed by atoms with Crippen molar-refractivity contribution in [2.24, 2.45) is 0 Å². The van der Waals surface area contributed by atoms with E-state index in [0.717, 1.165) is 27.9 Å². The molecule has 0 bridgehead atoms. The Morgan fingerprint density at radius 2 is 1.83 bits per heavy atom. The summed E-state index contributed by atoms with van der Waals surface area (Å²) in [5, 5.41) is 5.90. The van der Waals surface area contributed by atoms with Gasteiger partial charge in [-0.2, -0.15) is 0 Å². The largest absolute Gasteiger partial charge is 0.436 e. The number of halogens is 1. The molecule has 0 spiro atoms. The maximum atomic E-state index is 12.3. The van der Waals surface area contributed by atoms with Gasteiger partial charge in [-0.15, -0.1) is 0 Å². The minimum absolute atomic E-state index is 0.218. The van der Waals surface area contributed by atoms with Crippen molar-refractivity contribution in [2.45, 2.75) is 6.92 Å². The summed E-state index contributed by atoms with van der Waals surface area (Å²) >= 11 is 8.61. The van der Waals surface area contributed by atoms with Crippen molar-refractivity contribution in [2.75, 3.05) is 5.32 Å². The first-order valence-electron chi connectivity index (χ1n) is 8.84. The van der Waals surface area contributed by atoms with Gasteiger partial charge in [0.15, 0.2) is 10.7 Å². The summed E-state index contributed by atoms with van der Waals surface area (Å²) in [5.74, 6) is 0.273. The van der Waals surface area contributed by atoms with E-state index in [-0.39, 0.29) is 11.0 Å². The van der Waals surface area contributed by atoms with E-state index in [1.54, 1.807) is 18.2 Å². The van der Waals surface area contributed by atoms with E-state index in [0.29, 0.717) is 15.9 Å². The molecule has 1 aromatic heterocycles. The van der Waals surface area contributed by atoms with Gasteiger partial charge in [0.1, 0.15) is 5.52 Å². The highest BCUT2D eigenvalue weighted by Crippen LogP contribution is 2.26. The zero-order valence-electron chi connectivity index (χ0n) is 15.4. The van der Waals surface area contributed by atoms with E-state index < -0.39 is 0 Å². The highest BCUT2D eigenvalue weighted by atomic mass is 79.9. The van der Waals surface area contributed by atoms with Gasteiger partial charge in [0.25, 0.3) is 5.91 Å². The van der Waals surface area contributed by atoms with Gasteiger partial charge in [0.05, 0.1) is 5.56 Å². The molecule has 29 heavy (non-hydrogen) atoms. The van der Waals surface area contributed by atoms with Crippen LogP contribution in [-0.4, -0.2) is 16.0 Å². The highest BCUT2D eigenvalue weighted by Gasteiger charge is 2.12. The van der Waals surface area contributed by atoms with E-state index in [4.69, 9.17) is 16.6 Å². The number of nitrogens with zero attached hydrogens (tertiary/aromatic N) is 1. The Balaban J connectivity index is 1.44. The Morgan fingerprint density at radius 1 is 1.07 bits per heavy atom. The average Bonchev–Trinajstić information content (AvgIpc) is 3.12. The fourth-order valence-corrected chi connectivity index (χ4v) is 3.51. The maximum absolute atomic E-state index is 12.3. The average molecular weight is 466 g/mol. The van der Waals surface area contributed by atoms with E-state index in [9.17, 15) is 4.79 Å². The van der Waals surface area contributed by atoms with Gasteiger partial charge in [-0.25, -0.2) is 4.98 Å². The molecule has 2 N–H and O–H groups in total. The summed E-state index contributed by atoms with van der Waals surface area (Å²) in [6.07, 6.45) is 0. The van der Waals surface area contributed by atoms with Crippen molar-refractivity contribution < 1.29 is 9.21 Å². The lowest BCUT2D eigenvalue weighted by atomic mass is 10.2. The van der Waals surface area contributed by atoms with Gasteiger partial charge < -0.3 is 9.73 Å². The van der Waals surface area contributed by atoms with Crippen LogP contribution in [0.4, 0.5) is 5.69 Å². The zero-order chi connectivity index (χ0) is 20.4. The Bertz CT molecular complexity index is 1220. The number of carbonyl (C=O) groups excluding carboxylic acids is 1. The number of aromatic nitrogens is 1. The van der Waals surface area contributed by atoms with Crippen LogP contribution in [0.5, 0.6) is 0 Å². The molecule has 0 aliphatic rings. The van der Waals surface area contributed by atoms with Gasteiger partial charge in [0, 0.05) is 15.7 Å². The molecule has 0 saturated carbocycles. The predicted octanol–water partition coefficient (Wildman–Crippen LogP) is 5.69. The monoisotopic (exact) mass is 465 g/mol. The molecule has 0 radical (unpaired) electrons. The van der Waals surface area contributed by atoms with Crippen LogP contribution in [0.15, 0.2) is 75.6 Å². The first-order chi connectivity index (χ1) is 14.0. The van der Waals surface area contributed by atoms with Crippen molar-refractivity contribution in [3.63, 3.8) is 0 Å². The number of hydrogen-bond donors (Lipinski definition) is 2. The van der Waals surface area contributed by atoms with Crippen LogP contribution < -0.4 is 10.6 Å². The number of thiocarbonyl (C=S) groups is 1. The third-order valence-electron chi connectivity index (χ3n) is 4.28. The molecule has 4 aromatic rings. The van der Waals surface area contributed by atoms with Crippen LogP contribution in [0.3, 0.4) is 0 Å². The summed E-state index contributed by atoms with van der Waals surface area (Å²) in [7, 11) is 0. The minimum atomic E-state index is -0.284. The summed E-state index contributed by atoms with van der Waals surface area (Å²) in [6, 6.07) is 20.5. The second-order valence-corrected chi connectivity index (χ2v) is 7.72. The molecule has 144 valence electrons. The minimum Gasteiger partial charge on any atom is -0.436 e. The molecule has 0 aliphatic carbocycles. The number of amides is 1. The molecule has 1 amide bonds.